The number of hydrogen-bond donors (Lipinski definition) is 0. The minimum absolute atomic E-state index is 0.253. The Morgan fingerprint density at radius 1 is 0.767 bits per heavy atom. The van der Waals surface area contributed by atoms with E-state index >= 15 is 0 Å². The predicted molar refractivity (Wildman–Crippen MR) is 120 cm³/mol. The quantitative estimate of drug-likeness (QED) is 0.550. The van der Waals surface area contributed by atoms with E-state index in [9.17, 15) is 13.2 Å². The van der Waals surface area contributed by atoms with Gasteiger partial charge in [0.2, 0.25) is 15.9 Å². The average Bonchev–Trinajstić information content (AvgIpc) is 2.74. The van der Waals surface area contributed by atoms with Crippen molar-refractivity contribution in [3.05, 3.63) is 102 Å². The largest absolute Gasteiger partial charge is 0.332 e. The molecule has 0 radical (unpaired) electrons. The summed E-state index contributed by atoms with van der Waals surface area (Å²) in [6.07, 6.45) is 1.13. The molecule has 5 nitrogen and oxygen atoms in total. The van der Waals surface area contributed by atoms with Crippen LogP contribution in [-0.2, 0) is 27.9 Å². The van der Waals surface area contributed by atoms with Crippen molar-refractivity contribution >= 4 is 21.6 Å². The minimum Gasteiger partial charge on any atom is -0.332 e. The predicted octanol–water partition coefficient (Wildman–Crippen LogP) is 4.07. The Balaban J connectivity index is 1.93. The van der Waals surface area contributed by atoms with Crippen molar-refractivity contribution in [2.24, 2.45) is 0 Å². The molecule has 0 saturated heterocycles. The van der Waals surface area contributed by atoms with E-state index in [0.29, 0.717) is 18.8 Å². The third kappa shape index (κ3) is 5.48. The van der Waals surface area contributed by atoms with Crippen molar-refractivity contribution in [3.8, 4) is 0 Å². The van der Waals surface area contributed by atoms with Gasteiger partial charge in [0, 0.05) is 13.1 Å². The number of nitrogens with zero attached hydrogens (tertiary/aromatic N) is 2. The molecule has 0 aliphatic carbocycles. The van der Waals surface area contributed by atoms with Gasteiger partial charge in [-0.25, -0.2) is 8.42 Å². The summed E-state index contributed by atoms with van der Waals surface area (Å²) < 4.78 is 26.3. The third-order valence-corrected chi connectivity index (χ3v) is 6.06. The molecule has 0 aromatic heterocycles. The number of anilines is 1. The van der Waals surface area contributed by atoms with Gasteiger partial charge in [-0.1, -0.05) is 78.9 Å². The Bertz CT molecular complexity index is 1010. The van der Waals surface area contributed by atoms with Gasteiger partial charge >= 0.3 is 0 Å². The molecule has 0 saturated carbocycles. The van der Waals surface area contributed by atoms with Gasteiger partial charge in [0.05, 0.1) is 11.9 Å². The molecular weight excluding hydrogens is 396 g/mol. The van der Waals surface area contributed by atoms with Gasteiger partial charge in [-0.2, -0.15) is 0 Å². The first kappa shape index (κ1) is 21.6. The van der Waals surface area contributed by atoms with E-state index in [-0.39, 0.29) is 5.91 Å². The molecule has 156 valence electrons. The van der Waals surface area contributed by atoms with E-state index in [0.717, 1.165) is 17.4 Å². The van der Waals surface area contributed by atoms with Crippen LogP contribution in [0.2, 0.25) is 0 Å². The van der Waals surface area contributed by atoms with Crippen LogP contribution >= 0.6 is 0 Å². The molecule has 30 heavy (non-hydrogen) atoms. The molecule has 0 heterocycles. The second-order valence-corrected chi connectivity index (χ2v) is 9.10. The fourth-order valence-corrected chi connectivity index (χ4v) is 4.63. The Hall–Kier alpha value is -3.12. The summed E-state index contributed by atoms with van der Waals surface area (Å²) in [5.74, 6) is -0.253. The molecule has 3 rings (SSSR count). The molecule has 0 spiro atoms. The van der Waals surface area contributed by atoms with Crippen LogP contribution in [0.25, 0.3) is 0 Å². The zero-order valence-electron chi connectivity index (χ0n) is 17.2. The number of rotatable bonds is 8. The lowest BCUT2D eigenvalue weighted by Gasteiger charge is -2.33. The fraction of sp³-hybridized carbons (Fsp3) is 0.208. The van der Waals surface area contributed by atoms with Crippen molar-refractivity contribution in [2.45, 2.75) is 26.1 Å². The summed E-state index contributed by atoms with van der Waals surface area (Å²) in [6.45, 7) is 2.43. The monoisotopic (exact) mass is 422 g/mol. The molecule has 6 heteroatoms. The zero-order valence-corrected chi connectivity index (χ0v) is 18.0. The first-order valence-corrected chi connectivity index (χ1v) is 11.6. The van der Waals surface area contributed by atoms with E-state index in [1.165, 1.54) is 4.31 Å². The number of benzene rings is 3. The van der Waals surface area contributed by atoms with Gasteiger partial charge in [0.1, 0.15) is 6.04 Å². The van der Waals surface area contributed by atoms with E-state index in [2.05, 4.69) is 0 Å². The summed E-state index contributed by atoms with van der Waals surface area (Å²) in [4.78, 5) is 15.2. The maximum Gasteiger partial charge on any atom is 0.246 e. The van der Waals surface area contributed by atoms with Gasteiger partial charge < -0.3 is 4.90 Å². The van der Waals surface area contributed by atoms with Crippen LogP contribution in [-0.4, -0.2) is 31.5 Å². The number of carbonyl (C=O) groups excluding carboxylic acids is 1. The normalized spacial score (nSPS) is 12.2. The highest BCUT2D eigenvalue weighted by Gasteiger charge is 2.32. The molecule has 0 fully saturated rings. The average molecular weight is 423 g/mol. The minimum atomic E-state index is -3.66. The van der Waals surface area contributed by atoms with Crippen LogP contribution in [0.5, 0.6) is 0 Å². The maximum atomic E-state index is 13.5. The second-order valence-electron chi connectivity index (χ2n) is 7.24. The number of carbonyl (C=O) groups is 1. The summed E-state index contributed by atoms with van der Waals surface area (Å²) in [5, 5.41) is 0. The van der Waals surface area contributed by atoms with E-state index in [1.807, 2.05) is 66.7 Å². The topological polar surface area (TPSA) is 57.7 Å². The Labute approximate surface area is 178 Å². The van der Waals surface area contributed by atoms with Crippen LogP contribution in [0.15, 0.2) is 91.0 Å². The SMILES string of the molecule is C[C@@H](C(=O)N(Cc1ccccc1)Cc1ccccc1)N(c1ccccc1)S(C)(=O)=O. The zero-order chi connectivity index (χ0) is 21.6. The number of amides is 1. The van der Waals surface area contributed by atoms with Gasteiger partial charge in [-0.3, -0.25) is 9.10 Å². The summed E-state index contributed by atoms with van der Waals surface area (Å²) in [7, 11) is -3.66. The molecule has 1 amide bonds. The molecule has 3 aromatic rings. The van der Waals surface area contributed by atoms with Crippen molar-refractivity contribution in [3.63, 3.8) is 0 Å². The third-order valence-electron chi connectivity index (χ3n) is 4.82. The molecule has 0 bridgehead atoms. The van der Waals surface area contributed by atoms with Crippen molar-refractivity contribution in [1.82, 2.24) is 4.90 Å². The molecular formula is C24H26N2O3S. The van der Waals surface area contributed by atoms with E-state index in [1.54, 1.807) is 36.1 Å². The summed E-state index contributed by atoms with van der Waals surface area (Å²) in [5.41, 5.74) is 2.44. The Morgan fingerprint density at radius 3 is 1.57 bits per heavy atom. The van der Waals surface area contributed by atoms with Crippen molar-refractivity contribution in [2.75, 3.05) is 10.6 Å². The highest BCUT2D eigenvalue weighted by Crippen LogP contribution is 2.22. The fourth-order valence-electron chi connectivity index (χ4n) is 3.46. The maximum absolute atomic E-state index is 13.5. The number of hydrogen-bond acceptors (Lipinski definition) is 3. The van der Waals surface area contributed by atoms with Crippen molar-refractivity contribution < 1.29 is 13.2 Å². The molecule has 0 unspecified atom stereocenters. The van der Waals surface area contributed by atoms with E-state index in [4.69, 9.17) is 0 Å². The molecule has 1 atom stereocenters. The van der Waals surface area contributed by atoms with Crippen LogP contribution in [0.4, 0.5) is 5.69 Å². The lowest BCUT2D eigenvalue weighted by Crippen LogP contribution is -2.49. The smallest absolute Gasteiger partial charge is 0.246 e. The van der Waals surface area contributed by atoms with Gasteiger partial charge in [-0.15, -0.1) is 0 Å². The standard InChI is InChI=1S/C24H26N2O3S/c1-20(26(30(2,28)29)23-16-10-5-11-17-23)24(27)25(18-21-12-6-3-7-13-21)19-22-14-8-4-9-15-22/h3-17,20H,18-19H2,1-2H3/t20-/m0/s1. The van der Waals surface area contributed by atoms with Crippen LogP contribution in [0, 0.1) is 0 Å². The Morgan fingerprint density at radius 2 is 1.17 bits per heavy atom. The first-order chi connectivity index (χ1) is 14.4. The van der Waals surface area contributed by atoms with Gasteiger partial charge in [-0.05, 0) is 30.2 Å². The molecule has 0 aliphatic heterocycles. The van der Waals surface area contributed by atoms with Crippen molar-refractivity contribution in [1.29, 1.82) is 0 Å². The lowest BCUT2D eigenvalue weighted by molar-refractivity contribution is -0.133. The van der Waals surface area contributed by atoms with Crippen LogP contribution < -0.4 is 4.31 Å². The van der Waals surface area contributed by atoms with E-state index < -0.39 is 16.1 Å². The first-order valence-electron chi connectivity index (χ1n) is 9.77. The number of sulfonamides is 1. The van der Waals surface area contributed by atoms with Gasteiger partial charge in [0.25, 0.3) is 0 Å². The lowest BCUT2D eigenvalue weighted by atomic mass is 10.1. The highest BCUT2D eigenvalue weighted by molar-refractivity contribution is 7.92. The van der Waals surface area contributed by atoms with Crippen LogP contribution in [0.3, 0.4) is 0 Å². The molecule has 0 N–H and O–H groups in total. The summed E-state index contributed by atoms with van der Waals surface area (Å²) in [6, 6.07) is 27.3. The van der Waals surface area contributed by atoms with Gasteiger partial charge in [0.15, 0.2) is 0 Å². The molecule has 3 aromatic carbocycles. The molecule has 0 aliphatic rings. The Kier molecular flexibility index (Phi) is 6.90. The number of para-hydroxylation sites is 1. The van der Waals surface area contributed by atoms with Crippen LogP contribution in [0.1, 0.15) is 18.1 Å². The second kappa shape index (κ2) is 9.59. The summed E-state index contributed by atoms with van der Waals surface area (Å²) >= 11 is 0. The highest BCUT2D eigenvalue weighted by atomic mass is 32.2.